The first-order chi connectivity index (χ1) is 13.9. The largest absolute Gasteiger partial charge is 0.451 e. The number of nitrogens with one attached hydrogen (secondary N) is 2. The Labute approximate surface area is 181 Å². The predicted octanol–water partition coefficient (Wildman–Crippen LogP) is 3.50. The van der Waals surface area contributed by atoms with Gasteiger partial charge in [0.1, 0.15) is 6.04 Å². The van der Waals surface area contributed by atoms with E-state index in [1.54, 1.807) is 0 Å². The van der Waals surface area contributed by atoms with Crippen LogP contribution >= 0.6 is 11.6 Å². The molecular formula is C21H25ClN2O5S. The summed E-state index contributed by atoms with van der Waals surface area (Å²) in [4.78, 5) is 24.7. The lowest BCUT2D eigenvalue weighted by Gasteiger charge is -2.19. The molecule has 0 aromatic heterocycles. The fourth-order valence-corrected chi connectivity index (χ4v) is 4.21. The van der Waals surface area contributed by atoms with Crippen molar-refractivity contribution in [2.45, 2.75) is 51.7 Å². The molecule has 0 fully saturated rings. The third-order valence-electron chi connectivity index (χ3n) is 4.40. The summed E-state index contributed by atoms with van der Waals surface area (Å²) < 4.78 is 32.1. The van der Waals surface area contributed by atoms with Crippen LogP contribution in [0, 0.1) is 20.8 Å². The lowest BCUT2D eigenvalue weighted by Crippen LogP contribution is -2.42. The lowest BCUT2D eigenvalue weighted by atomic mass is 10.0. The van der Waals surface area contributed by atoms with E-state index in [2.05, 4.69) is 10.0 Å². The van der Waals surface area contributed by atoms with Gasteiger partial charge in [-0.25, -0.2) is 8.42 Å². The maximum Gasteiger partial charge on any atom is 0.324 e. The SMILES string of the molecule is Cc1cc(C)c(NC(=O)C(C)OC(=O)C(C)NS(=O)(=O)c2ccc(Cl)cc2)c(C)c1. The second kappa shape index (κ2) is 9.59. The van der Waals surface area contributed by atoms with Gasteiger partial charge in [-0.3, -0.25) is 9.59 Å². The van der Waals surface area contributed by atoms with Crippen molar-refractivity contribution in [1.29, 1.82) is 0 Å². The first kappa shape index (κ1) is 23.9. The van der Waals surface area contributed by atoms with Crippen molar-refractivity contribution >= 4 is 39.2 Å². The third-order valence-corrected chi connectivity index (χ3v) is 6.21. The van der Waals surface area contributed by atoms with Gasteiger partial charge >= 0.3 is 5.97 Å². The highest BCUT2D eigenvalue weighted by Gasteiger charge is 2.26. The number of benzene rings is 2. The molecule has 2 unspecified atom stereocenters. The standard InChI is InChI=1S/C21H25ClN2O5S/c1-12-10-13(2)19(14(3)11-12)23-20(25)16(5)29-21(26)15(4)24-30(27,28)18-8-6-17(22)7-9-18/h6-11,15-16,24H,1-5H3,(H,23,25). The van der Waals surface area contributed by atoms with Crippen molar-refractivity contribution in [3.63, 3.8) is 0 Å². The second-order valence-corrected chi connectivity index (χ2v) is 9.29. The van der Waals surface area contributed by atoms with Crippen molar-refractivity contribution in [1.82, 2.24) is 4.72 Å². The van der Waals surface area contributed by atoms with Crippen molar-refractivity contribution in [2.75, 3.05) is 5.32 Å². The van der Waals surface area contributed by atoms with Crippen molar-refractivity contribution in [3.05, 3.63) is 58.1 Å². The molecule has 30 heavy (non-hydrogen) atoms. The van der Waals surface area contributed by atoms with Crippen molar-refractivity contribution < 1.29 is 22.7 Å². The molecule has 0 bridgehead atoms. The highest BCUT2D eigenvalue weighted by atomic mass is 35.5. The normalized spacial score (nSPS) is 13.4. The first-order valence-corrected chi connectivity index (χ1v) is 11.1. The molecule has 2 N–H and O–H groups in total. The molecule has 0 aliphatic heterocycles. The minimum absolute atomic E-state index is 0.0392. The molecule has 0 saturated heterocycles. The number of sulfonamides is 1. The van der Waals surface area contributed by atoms with Crippen LogP contribution in [-0.4, -0.2) is 32.4 Å². The van der Waals surface area contributed by atoms with Crippen molar-refractivity contribution in [2.24, 2.45) is 0 Å². The Morgan fingerprint density at radius 2 is 1.53 bits per heavy atom. The molecule has 0 aliphatic carbocycles. The molecule has 2 aromatic rings. The van der Waals surface area contributed by atoms with Crippen LogP contribution in [0.1, 0.15) is 30.5 Å². The summed E-state index contributed by atoms with van der Waals surface area (Å²) in [5.41, 5.74) is 3.51. The molecule has 1 amide bonds. The van der Waals surface area contributed by atoms with Gasteiger partial charge in [0.05, 0.1) is 4.90 Å². The van der Waals surface area contributed by atoms with E-state index in [1.807, 2.05) is 32.9 Å². The van der Waals surface area contributed by atoms with Gasteiger partial charge in [-0.15, -0.1) is 0 Å². The summed E-state index contributed by atoms with van der Waals surface area (Å²) >= 11 is 5.76. The number of halogens is 1. The number of anilines is 1. The van der Waals surface area contributed by atoms with E-state index in [0.717, 1.165) is 16.7 Å². The van der Waals surface area contributed by atoms with Gasteiger partial charge in [-0.1, -0.05) is 29.3 Å². The Kier molecular flexibility index (Phi) is 7.63. The molecule has 2 rings (SSSR count). The zero-order valence-electron chi connectivity index (χ0n) is 17.4. The quantitative estimate of drug-likeness (QED) is 0.626. The zero-order chi connectivity index (χ0) is 22.6. The van der Waals surface area contributed by atoms with Gasteiger partial charge in [-0.05, 0) is 70.0 Å². The van der Waals surface area contributed by atoms with E-state index >= 15 is 0 Å². The van der Waals surface area contributed by atoms with E-state index in [0.29, 0.717) is 10.7 Å². The van der Waals surface area contributed by atoms with Crippen LogP contribution in [0.25, 0.3) is 0 Å². The number of rotatable bonds is 7. The Morgan fingerprint density at radius 3 is 2.07 bits per heavy atom. The fraction of sp³-hybridized carbons (Fsp3) is 0.333. The Balaban J connectivity index is 2.00. The average molecular weight is 453 g/mol. The van der Waals surface area contributed by atoms with Crippen LogP contribution in [0.2, 0.25) is 5.02 Å². The van der Waals surface area contributed by atoms with Crippen LogP contribution in [0.5, 0.6) is 0 Å². The smallest absolute Gasteiger partial charge is 0.324 e. The Morgan fingerprint density at radius 1 is 1.00 bits per heavy atom. The van der Waals surface area contributed by atoms with Gasteiger partial charge in [0.15, 0.2) is 6.10 Å². The van der Waals surface area contributed by atoms with Gasteiger partial charge in [0.25, 0.3) is 5.91 Å². The number of hydrogen-bond acceptors (Lipinski definition) is 5. The molecule has 0 radical (unpaired) electrons. The van der Waals surface area contributed by atoms with Crippen LogP contribution in [-0.2, 0) is 24.3 Å². The predicted molar refractivity (Wildman–Crippen MR) is 116 cm³/mol. The van der Waals surface area contributed by atoms with Crippen LogP contribution in [0.3, 0.4) is 0 Å². The molecule has 2 atom stereocenters. The molecule has 0 heterocycles. The minimum atomic E-state index is -3.95. The van der Waals surface area contributed by atoms with Gasteiger partial charge in [0, 0.05) is 10.7 Å². The zero-order valence-corrected chi connectivity index (χ0v) is 19.0. The van der Waals surface area contributed by atoms with E-state index in [1.165, 1.54) is 38.1 Å². The number of aryl methyl sites for hydroxylation is 3. The monoisotopic (exact) mass is 452 g/mol. The van der Waals surface area contributed by atoms with E-state index in [-0.39, 0.29) is 4.90 Å². The van der Waals surface area contributed by atoms with Gasteiger partial charge in [-0.2, -0.15) is 4.72 Å². The first-order valence-electron chi connectivity index (χ1n) is 9.28. The highest BCUT2D eigenvalue weighted by Crippen LogP contribution is 2.22. The minimum Gasteiger partial charge on any atom is -0.451 e. The number of esters is 1. The number of hydrogen-bond donors (Lipinski definition) is 2. The highest BCUT2D eigenvalue weighted by molar-refractivity contribution is 7.89. The molecule has 2 aromatic carbocycles. The molecule has 0 spiro atoms. The molecule has 7 nitrogen and oxygen atoms in total. The lowest BCUT2D eigenvalue weighted by molar-refractivity contribution is -0.154. The van der Waals surface area contributed by atoms with Crippen LogP contribution in [0.4, 0.5) is 5.69 Å². The number of amides is 1. The molecule has 9 heteroatoms. The van der Waals surface area contributed by atoms with Crippen LogP contribution in [0.15, 0.2) is 41.3 Å². The fourth-order valence-electron chi connectivity index (χ4n) is 2.89. The Bertz CT molecular complexity index is 1030. The van der Waals surface area contributed by atoms with E-state index in [9.17, 15) is 18.0 Å². The maximum absolute atomic E-state index is 12.5. The summed E-state index contributed by atoms with van der Waals surface area (Å²) in [6.07, 6.45) is -1.11. The van der Waals surface area contributed by atoms with Crippen molar-refractivity contribution in [3.8, 4) is 0 Å². The van der Waals surface area contributed by atoms with E-state index < -0.39 is 34.0 Å². The average Bonchev–Trinajstić information content (AvgIpc) is 2.64. The van der Waals surface area contributed by atoms with E-state index in [4.69, 9.17) is 16.3 Å². The molecule has 162 valence electrons. The number of carbonyl (C=O) groups is 2. The molecule has 0 saturated carbocycles. The summed E-state index contributed by atoms with van der Waals surface area (Å²) in [6.45, 7) is 8.48. The van der Waals surface area contributed by atoms with Gasteiger partial charge < -0.3 is 10.1 Å². The van der Waals surface area contributed by atoms with Gasteiger partial charge in [0.2, 0.25) is 10.0 Å². The number of ether oxygens (including phenoxy) is 1. The summed E-state index contributed by atoms with van der Waals surface area (Å²) in [7, 11) is -3.95. The summed E-state index contributed by atoms with van der Waals surface area (Å²) in [5, 5.41) is 3.15. The Hall–Kier alpha value is -2.42. The summed E-state index contributed by atoms with van der Waals surface area (Å²) in [6, 6.07) is 8.19. The van der Waals surface area contributed by atoms with Crippen LogP contribution < -0.4 is 10.0 Å². The topological polar surface area (TPSA) is 102 Å². The second-order valence-electron chi connectivity index (χ2n) is 7.14. The summed E-state index contributed by atoms with van der Waals surface area (Å²) in [5.74, 6) is -1.38. The third kappa shape index (κ3) is 6.04. The maximum atomic E-state index is 12.5. The molecule has 0 aliphatic rings. The number of carbonyl (C=O) groups excluding carboxylic acids is 2. The molecular weight excluding hydrogens is 428 g/mol.